The SMILES string of the molecule is CC1CCCC(C)N1CC1CNCc2ccccc21. The standard InChI is InChI=1S/C17H26N2/c1-13-6-5-7-14(2)19(13)12-16-11-18-10-15-8-3-4-9-17(15)16/h3-4,8-9,13-14,16,18H,5-7,10-12H2,1-2H3. The lowest BCUT2D eigenvalue weighted by Gasteiger charge is -2.42. The minimum Gasteiger partial charge on any atom is -0.312 e. The van der Waals surface area contributed by atoms with Crippen molar-refractivity contribution in [3.63, 3.8) is 0 Å². The predicted octanol–water partition coefficient (Wildman–Crippen LogP) is 3.14. The van der Waals surface area contributed by atoms with Crippen molar-refractivity contribution in [1.82, 2.24) is 10.2 Å². The summed E-state index contributed by atoms with van der Waals surface area (Å²) in [5.41, 5.74) is 3.07. The summed E-state index contributed by atoms with van der Waals surface area (Å²) in [6.45, 7) is 8.19. The second-order valence-corrected chi connectivity index (χ2v) is 6.35. The van der Waals surface area contributed by atoms with E-state index in [9.17, 15) is 0 Å². The predicted molar refractivity (Wildman–Crippen MR) is 80.4 cm³/mol. The van der Waals surface area contributed by atoms with Crippen molar-refractivity contribution in [3.05, 3.63) is 35.4 Å². The molecule has 3 unspecified atom stereocenters. The highest BCUT2D eigenvalue weighted by molar-refractivity contribution is 5.33. The first-order chi connectivity index (χ1) is 9.25. The van der Waals surface area contributed by atoms with Gasteiger partial charge in [-0.15, -0.1) is 0 Å². The number of hydrogen-bond donors (Lipinski definition) is 1. The maximum absolute atomic E-state index is 3.58. The largest absolute Gasteiger partial charge is 0.312 e. The van der Waals surface area contributed by atoms with E-state index in [0.717, 1.165) is 25.2 Å². The summed E-state index contributed by atoms with van der Waals surface area (Å²) >= 11 is 0. The molecule has 2 aliphatic heterocycles. The molecular formula is C17H26N2. The van der Waals surface area contributed by atoms with Gasteiger partial charge in [0.15, 0.2) is 0 Å². The Hall–Kier alpha value is -0.860. The molecular weight excluding hydrogens is 232 g/mol. The number of hydrogen-bond acceptors (Lipinski definition) is 2. The highest BCUT2D eigenvalue weighted by Crippen LogP contribution is 2.29. The Morgan fingerprint density at radius 1 is 1.16 bits per heavy atom. The van der Waals surface area contributed by atoms with Crippen LogP contribution in [-0.2, 0) is 6.54 Å². The van der Waals surface area contributed by atoms with Crippen molar-refractivity contribution in [2.75, 3.05) is 13.1 Å². The van der Waals surface area contributed by atoms with Gasteiger partial charge in [0.25, 0.3) is 0 Å². The van der Waals surface area contributed by atoms with Crippen molar-refractivity contribution in [2.45, 2.75) is 57.7 Å². The van der Waals surface area contributed by atoms with E-state index in [1.807, 2.05) is 0 Å². The Kier molecular flexibility index (Phi) is 3.90. The van der Waals surface area contributed by atoms with Gasteiger partial charge in [-0.25, -0.2) is 0 Å². The monoisotopic (exact) mass is 258 g/mol. The molecule has 0 saturated carbocycles. The number of nitrogens with one attached hydrogen (secondary N) is 1. The molecule has 104 valence electrons. The van der Waals surface area contributed by atoms with E-state index in [1.165, 1.54) is 31.4 Å². The first-order valence-electron chi connectivity index (χ1n) is 7.80. The van der Waals surface area contributed by atoms with Gasteiger partial charge in [-0.3, -0.25) is 4.90 Å². The van der Waals surface area contributed by atoms with Crippen molar-refractivity contribution in [2.24, 2.45) is 0 Å². The number of piperidine rings is 1. The zero-order chi connectivity index (χ0) is 13.2. The van der Waals surface area contributed by atoms with E-state index in [2.05, 4.69) is 48.3 Å². The lowest BCUT2D eigenvalue weighted by molar-refractivity contribution is 0.0942. The van der Waals surface area contributed by atoms with E-state index >= 15 is 0 Å². The van der Waals surface area contributed by atoms with Crippen LogP contribution in [0, 0.1) is 0 Å². The second kappa shape index (κ2) is 5.64. The van der Waals surface area contributed by atoms with Crippen molar-refractivity contribution < 1.29 is 0 Å². The molecule has 0 bridgehead atoms. The topological polar surface area (TPSA) is 15.3 Å². The summed E-state index contributed by atoms with van der Waals surface area (Å²) in [6, 6.07) is 10.5. The van der Waals surface area contributed by atoms with Crippen molar-refractivity contribution in [3.8, 4) is 0 Å². The lowest BCUT2D eigenvalue weighted by atomic mass is 9.88. The number of fused-ring (bicyclic) bond motifs is 1. The molecule has 19 heavy (non-hydrogen) atoms. The molecule has 1 fully saturated rings. The van der Waals surface area contributed by atoms with Gasteiger partial charge in [-0.1, -0.05) is 30.7 Å². The summed E-state index contributed by atoms with van der Waals surface area (Å²) in [7, 11) is 0. The fraction of sp³-hybridized carbons (Fsp3) is 0.647. The van der Waals surface area contributed by atoms with Crippen LogP contribution < -0.4 is 5.32 Å². The van der Waals surface area contributed by atoms with Gasteiger partial charge in [-0.2, -0.15) is 0 Å². The average molecular weight is 258 g/mol. The molecule has 1 aromatic rings. The van der Waals surface area contributed by atoms with Crippen LogP contribution in [0.1, 0.15) is 50.2 Å². The minimum atomic E-state index is 0.660. The highest BCUT2D eigenvalue weighted by atomic mass is 15.2. The summed E-state index contributed by atoms with van der Waals surface area (Å²) in [5.74, 6) is 0.660. The van der Waals surface area contributed by atoms with E-state index < -0.39 is 0 Å². The maximum Gasteiger partial charge on any atom is 0.0208 e. The summed E-state index contributed by atoms with van der Waals surface area (Å²) in [5, 5.41) is 3.58. The Labute approximate surface area is 117 Å². The van der Waals surface area contributed by atoms with Crippen LogP contribution >= 0.6 is 0 Å². The summed E-state index contributed by atoms with van der Waals surface area (Å²) < 4.78 is 0. The molecule has 2 nitrogen and oxygen atoms in total. The molecule has 1 aromatic carbocycles. The Bertz CT molecular complexity index is 419. The Morgan fingerprint density at radius 3 is 2.68 bits per heavy atom. The van der Waals surface area contributed by atoms with E-state index in [-0.39, 0.29) is 0 Å². The van der Waals surface area contributed by atoms with Crippen LogP contribution in [0.4, 0.5) is 0 Å². The van der Waals surface area contributed by atoms with Crippen LogP contribution in [0.5, 0.6) is 0 Å². The molecule has 1 N–H and O–H groups in total. The average Bonchev–Trinajstić information content (AvgIpc) is 2.43. The Morgan fingerprint density at radius 2 is 1.89 bits per heavy atom. The lowest BCUT2D eigenvalue weighted by Crippen LogP contribution is -2.47. The number of benzene rings is 1. The molecule has 2 aliphatic rings. The number of rotatable bonds is 2. The molecule has 0 radical (unpaired) electrons. The van der Waals surface area contributed by atoms with Gasteiger partial charge in [0.2, 0.25) is 0 Å². The molecule has 3 rings (SSSR count). The fourth-order valence-corrected chi connectivity index (χ4v) is 3.84. The van der Waals surface area contributed by atoms with Gasteiger partial charge < -0.3 is 5.32 Å². The second-order valence-electron chi connectivity index (χ2n) is 6.35. The van der Waals surface area contributed by atoms with Gasteiger partial charge in [-0.05, 0) is 37.8 Å². The number of nitrogens with zero attached hydrogens (tertiary/aromatic N) is 1. The van der Waals surface area contributed by atoms with Crippen LogP contribution in [0.15, 0.2) is 24.3 Å². The minimum absolute atomic E-state index is 0.660. The van der Waals surface area contributed by atoms with E-state index in [4.69, 9.17) is 0 Å². The molecule has 2 heterocycles. The molecule has 2 heteroatoms. The van der Waals surface area contributed by atoms with Gasteiger partial charge in [0.05, 0.1) is 0 Å². The third-order valence-electron chi connectivity index (χ3n) is 5.01. The third-order valence-corrected chi connectivity index (χ3v) is 5.01. The number of likely N-dealkylation sites (tertiary alicyclic amines) is 1. The zero-order valence-corrected chi connectivity index (χ0v) is 12.2. The van der Waals surface area contributed by atoms with Gasteiger partial charge in [0, 0.05) is 37.6 Å². The summed E-state index contributed by atoms with van der Waals surface area (Å²) in [4.78, 5) is 2.73. The fourth-order valence-electron chi connectivity index (χ4n) is 3.84. The molecule has 0 spiro atoms. The molecule has 0 aromatic heterocycles. The zero-order valence-electron chi connectivity index (χ0n) is 12.2. The first kappa shape index (κ1) is 13.1. The van der Waals surface area contributed by atoms with Crippen molar-refractivity contribution >= 4 is 0 Å². The first-order valence-corrected chi connectivity index (χ1v) is 7.80. The van der Waals surface area contributed by atoms with Crippen LogP contribution in [-0.4, -0.2) is 30.1 Å². The summed E-state index contributed by atoms with van der Waals surface area (Å²) in [6.07, 6.45) is 4.14. The van der Waals surface area contributed by atoms with Gasteiger partial charge in [0.1, 0.15) is 0 Å². The van der Waals surface area contributed by atoms with E-state index in [1.54, 1.807) is 5.56 Å². The maximum atomic E-state index is 3.58. The van der Waals surface area contributed by atoms with Crippen LogP contribution in [0.25, 0.3) is 0 Å². The molecule has 0 aliphatic carbocycles. The molecule has 1 saturated heterocycles. The molecule has 0 amide bonds. The smallest absolute Gasteiger partial charge is 0.0208 e. The Balaban J connectivity index is 1.77. The van der Waals surface area contributed by atoms with Gasteiger partial charge >= 0.3 is 0 Å². The normalized spacial score (nSPS) is 32.0. The third kappa shape index (κ3) is 2.70. The highest BCUT2D eigenvalue weighted by Gasteiger charge is 2.29. The van der Waals surface area contributed by atoms with E-state index in [0.29, 0.717) is 5.92 Å². The quantitative estimate of drug-likeness (QED) is 0.876. The van der Waals surface area contributed by atoms with Crippen LogP contribution in [0.3, 0.4) is 0 Å². The van der Waals surface area contributed by atoms with Crippen LogP contribution in [0.2, 0.25) is 0 Å². The van der Waals surface area contributed by atoms with Crippen molar-refractivity contribution in [1.29, 1.82) is 0 Å². The molecule has 3 atom stereocenters.